The minimum absolute atomic E-state index is 0.0113. The predicted molar refractivity (Wildman–Crippen MR) is 232 cm³/mol. The van der Waals surface area contributed by atoms with Crippen LogP contribution in [0.1, 0.15) is 106 Å². The molecule has 12 N–H and O–H groups in total. The summed E-state index contributed by atoms with van der Waals surface area (Å²) in [5, 5.41) is 130. The molecule has 19 nitrogen and oxygen atoms in total. The van der Waals surface area contributed by atoms with Gasteiger partial charge in [-0.3, -0.25) is 4.79 Å². The minimum atomic E-state index is -1.86. The second-order valence-electron chi connectivity index (χ2n) is 23.5. The van der Waals surface area contributed by atoms with Crippen molar-refractivity contribution < 1.29 is 94.5 Å². The smallest absolute Gasteiger partial charge is 0.315 e. The summed E-state index contributed by atoms with van der Waals surface area (Å²) in [6.07, 6.45) is -18.3. The van der Waals surface area contributed by atoms with Crippen molar-refractivity contribution in [3.8, 4) is 0 Å². The molecule has 19 heteroatoms. The molecular weight excluding hydrogens is 881 g/mol. The molecular formula is C48H78O19. The second-order valence-corrected chi connectivity index (χ2v) is 23.5. The molecule has 0 bridgehead atoms. The molecule has 8 rings (SSSR count). The molecule has 0 aromatic heterocycles. The number of allylic oxidation sites excluding steroid dienone is 2. The number of rotatable bonds is 9. The van der Waals surface area contributed by atoms with Crippen LogP contribution in [0, 0.1) is 50.2 Å². The third-order valence-corrected chi connectivity index (χ3v) is 19.4. The van der Waals surface area contributed by atoms with Gasteiger partial charge in [-0.15, -0.1) is 0 Å². The van der Waals surface area contributed by atoms with E-state index >= 15 is 0 Å². The molecule has 25 atom stereocenters. The van der Waals surface area contributed by atoms with Gasteiger partial charge < -0.3 is 89.7 Å². The highest BCUT2D eigenvalue weighted by atomic mass is 16.8. The topological polar surface area (TPSA) is 315 Å². The Bertz CT molecular complexity index is 1830. The fourth-order valence-corrected chi connectivity index (χ4v) is 15.0. The van der Waals surface area contributed by atoms with Gasteiger partial charge in [0, 0.05) is 5.41 Å². The molecule has 8 aliphatic rings. The standard InChI is InChI=1S/C48H78O19/c1-21-29(52)31(54)34(57)40(63-21)66-37-25(18-49)64-39(36(59)33(37)56)62-19-26-30(53)32(55)35(58)41(65-26)67-42(61)48-14-12-43(2,3)16-23(48)22-8-9-28-44(4)17-24(51)38(60)45(5,20-50)27(44)10-11-47(28,7)46(22,6)13-15-48/h8,21,23-41,49-60H,9-20H2,1-7H3. The molecule has 25 unspecified atom stereocenters. The van der Waals surface area contributed by atoms with Gasteiger partial charge in [-0.05, 0) is 104 Å². The lowest BCUT2D eigenvalue weighted by atomic mass is 9.33. The first-order valence-corrected chi connectivity index (χ1v) is 24.4. The van der Waals surface area contributed by atoms with Gasteiger partial charge in [0.25, 0.3) is 0 Å². The van der Waals surface area contributed by atoms with Crippen LogP contribution in [0.4, 0.5) is 0 Å². The van der Waals surface area contributed by atoms with Crippen LogP contribution < -0.4 is 0 Å². The van der Waals surface area contributed by atoms with E-state index in [1.807, 2.05) is 6.92 Å². The monoisotopic (exact) mass is 959 g/mol. The largest absolute Gasteiger partial charge is 0.432 e. The average molecular weight is 959 g/mol. The Morgan fingerprint density at radius 3 is 1.99 bits per heavy atom. The SMILES string of the molecule is CC1OC(OC2C(CO)OC(OCC3OC(OC(=O)C45CCC(C)(C)CC4C4=CCC6C7(C)CC(O)C(O)C(C)(CO)C7CCC6(C)C4(C)CC5)C(O)C(O)C3O)C(O)C2O)C(O)C(O)C1O. The van der Waals surface area contributed by atoms with Crippen molar-refractivity contribution in [2.24, 2.45) is 50.2 Å². The van der Waals surface area contributed by atoms with E-state index < -0.39 is 134 Å². The third-order valence-electron chi connectivity index (χ3n) is 19.4. The maximum atomic E-state index is 15.0. The Hall–Kier alpha value is -1.47. The zero-order chi connectivity index (χ0) is 49.1. The number of aliphatic hydroxyl groups excluding tert-OH is 12. The lowest BCUT2D eigenvalue weighted by Crippen LogP contribution is -2.68. The van der Waals surface area contributed by atoms with Crippen LogP contribution in [-0.4, -0.2) is 191 Å². The van der Waals surface area contributed by atoms with E-state index in [1.165, 1.54) is 12.5 Å². The number of fused-ring (bicyclic) bond motifs is 7. The first-order chi connectivity index (χ1) is 31.2. The lowest BCUT2D eigenvalue weighted by molar-refractivity contribution is -0.361. The first-order valence-electron chi connectivity index (χ1n) is 24.4. The van der Waals surface area contributed by atoms with Crippen LogP contribution in [0.2, 0.25) is 0 Å². The normalized spacial score (nSPS) is 55.2. The molecule has 4 saturated carbocycles. The van der Waals surface area contributed by atoms with E-state index in [1.54, 1.807) is 0 Å². The maximum absolute atomic E-state index is 15.0. The molecule has 5 aliphatic carbocycles. The molecule has 7 fully saturated rings. The molecule has 0 amide bonds. The van der Waals surface area contributed by atoms with Crippen molar-refractivity contribution >= 4 is 5.97 Å². The summed E-state index contributed by atoms with van der Waals surface area (Å²) in [4.78, 5) is 15.0. The van der Waals surface area contributed by atoms with E-state index in [4.69, 9.17) is 28.4 Å². The van der Waals surface area contributed by atoms with Crippen LogP contribution >= 0.6 is 0 Å². The highest BCUT2D eigenvalue weighted by Crippen LogP contribution is 2.76. The second kappa shape index (κ2) is 18.2. The molecule has 384 valence electrons. The van der Waals surface area contributed by atoms with Gasteiger partial charge in [0.1, 0.15) is 67.1 Å². The quantitative estimate of drug-likeness (QED) is 0.0986. The third kappa shape index (κ3) is 8.10. The number of carbonyl (C=O) groups excluding carboxylic acids is 1. The van der Waals surface area contributed by atoms with Crippen LogP contribution in [0.25, 0.3) is 0 Å². The highest BCUT2D eigenvalue weighted by Gasteiger charge is 2.71. The summed E-state index contributed by atoms with van der Waals surface area (Å²) >= 11 is 0. The van der Waals surface area contributed by atoms with Crippen molar-refractivity contribution in [2.75, 3.05) is 19.8 Å². The van der Waals surface area contributed by atoms with Crippen LogP contribution in [0.3, 0.4) is 0 Å². The average Bonchev–Trinajstić information content (AvgIpc) is 3.28. The van der Waals surface area contributed by atoms with Gasteiger partial charge in [0.2, 0.25) is 6.29 Å². The van der Waals surface area contributed by atoms with Gasteiger partial charge in [-0.25, -0.2) is 0 Å². The van der Waals surface area contributed by atoms with Gasteiger partial charge in [-0.2, -0.15) is 0 Å². The summed E-state index contributed by atoms with van der Waals surface area (Å²) in [6, 6.07) is 0. The number of carbonyl (C=O) groups is 1. The van der Waals surface area contributed by atoms with Crippen LogP contribution in [0.5, 0.6) is 0 Å². The molecule has 0 radical (unpaired) electrons. The Morgan fingerprint density at radius 2 is 1.31 bits per heavy atom. The van der Waals surface area contributed by atoms with E-state index in [2.05, 4.69) is 40.7 Å². The van der Waals surface area contributed by atoms with Crippen LogP contribution in [-0.2, 0) is 33.2 Å². The van der Waals surface area contributed by atoms with Crippen molar-refractivity contribution in [1.29, 1.82) is 0 Å². The number of aliphatic hydroxyl groups is 12. The minimum Gasteiger partial charge on any atom is -0.432 e. The fraction of sp³-hybridized carbons (Fsp3) is 0.938. The van der Waals surface area contributed by atoms with E-state index in [0.29, 0.717) is 38.5 Å². The Balaban J connectivity index is 0.982. The predicted octanol–water partition coefficient (Wildman–Crippen LogP) is -0.889. The molecule has 0 spiro atoms. The zero-order valence-electron chi connectivity index (χ0n) is 39.8. The first kappa shape index (κ1) is 51.9. The Morgan fingerprint density at radius 1 is 0.687 bits per heavy atom. The number of ether oxygens (including phenoxy) is 6. The molecule has 3 aliphatic heterocycles. The molecule has 67 heavy (non-hydrogen) atoms. The van der Waals surface area contributed by atoms with Gasteiger partial charge in [0.15, 0.2) is 12.6 Å². The summed E-state index contributed by atoms with van der Waals surface area (Å²) in [7, 11) is 0. The molecule has 0 aromatic carbocycles. The lowest BCUT2D eigenvalue weighted by Gasteiger charge is -2.71. The zero-order valence-corrected chi connectivity index (χ0v) is 39.8. The summed E-state index contributed by atoms with van der Waals surface area (Å²) < 4.78 is 34.7. The van der Waals surface area contributed by atoms with Crippen molar-refractivity contribution in [2.45, 2.75) is 211 Å². The molecule has 3 saturated heterocycles. The van der Waals surface area contributed by atoms with Gasteiger partial charge >= 0.3 is 5.97 Å². The van der Waals surface area contributed by atoms with E-state index in [-0.39, 0.29) is 46.0 Å². The summed E-state index contributed by atoms with van der Waals surface area (Å²) in [5.41, 5.74) is -1.76. The van der Waals surface area contributed by atoms with Gasteiger partial charge in [0.05, 0.1) is 43.5 Å². The van der Waals surface area contributed by atoms with Crippen molar-refractivity contribution in [3.05, 3.63) is 11.6 Å². The summed E-state index contributed by atoms with van der Waals surface area (Å²) in [5.74, 6) is -0.715. The Kier molecular flexibility index (Phi) is 14.1. The maximum Gasteiger partial charge on any atom is 0.315 e. The number of hydrogen-bond acceptors (Lipinski definition) is 19. The number of esters is 1. The molecule has 3 heterocycles. The van der Waals surface area contributed by atoms with Crippen molar-refractivity contribution in [1.82, 2.24) is 0 Å². The molecule has 0 aromatic rings. The van der Waals surface area contributed by atoms with Crippen molar-refractivity contribution in [3.63, 3.8) is 0 Å². The van der Waals surface area contributed by atoms with Gasteiger partial charge in [-0.1, -0.05) is 53.2 Å². The van der Waals surface area contributed by atoms with Crippen LogP contribution in [0.15, 0.2) is 11.6 Å². The van der Waals surface area contributed by atoms with E-state index in [9.17, 15) is 66.1 Å². The highest BCUT2D eigenvalue weighted by molar-refractivity contribution is 5.79. The Labute approximate surface area is 392 Å². The fourth-order valence-electron chi connectivity index (χ4n) is 15.0. The summed E-state index contributed by atoms with van der Waals surface area (Å²) in [6.45, 7) is 13.0. The van der Waals surface area contributed by atoms with E-state index in [0.717, 1.165) is 19.3 Å². The number of hydrogen-bond donors (Lipinski definition) is 12.